The van der Waals surface area contributed by atoms with Gasteiger partial charge in [-0.3, -0.25) is 0 Å². The van der Waals surface area contributed by atoms with Crippen molar-refractivity contribution in [2.75, 3.05) is 6.54 Å². The van der Waals surface area contributed by atoms with E-state index < -0.39 is 0 Å². The minimum absolute atomic E-state index is 0.678. The van der Waals surface area contributed by atoms with Crippen LogP contribution in [0.2, 0.25) is 0 Å². The van der Waals surface area contributed by atoms with E-state index in [1.165, 1.54) is 37.8 Å². The first-order valence-electron chi connectivity index (χ1n) is 7.93. The first-order valence-corrected chi connectivity index (χ1v) is 7.93. The third-order valence-corrected chi connectivity index (χ3v) is 4.36. The van der Waals surface area contributed by atoms with Gasteiger partial charge in [0.25, 0.3) is 0 Å². The van der Waals surface area contributed by atoms with Crippen molar-refractivity contribution in [3.8, 4) is 0 Å². The standard InChI is InChI=1S/C16H29N3/c1-4-14-7-5-6-8-16(14)19-12-18-11-15(19)10-17-9-13(2)3/h11-14,16-17H,4-10H2,1-3H3. The van der Waals surface area contributed by atoms with Gasteiger partial charge >= 0.3 is 0 Å². The maximum absolute atomic E-state index is 4.39. The molecule has 0 saturated heterocycles. The van der Waals surface area contributed by atoms with Gasteiger partial charge in [0.2, 0.25) is 0 Å². The normalized spacial score (nSPS) is 24.0. The summed E-state index contributed by atoms with van der Waals surface area (Å²) in [5.74, 6) is 1.54. The molecular formula is C16H29N3. The fourth-order valence-corrected chi connectivity index (χ4v) is 3.29. The van der Waals surface area contributed by atoms with Crippen LogP contribution in [0, 0.1) is 11.8 Å². The minimum Gasteiger partial charge on any atom is -0.330 e. The predicted molar refractivity (Wildman–Crippen MR) is 80.1 cm³/mol. The monoisotopic (exact) mass is 263 g/mol. The van der Waals surface area contributed by atoms with Crippen LogP contribution in [0.15, 0.2) is 12.5 Å². The summed E-state index contributed by atoms with van der Waals surface area (Å²) in [5, 5.41) is 3.54. The van der Waals surface area contributed by atoms with E-state index in [1.807, 2.05) is 12.5 Å². The van der Waals surface area contributed by atoms with Crippen LogP contribution >= 0.6 is 0 Å². The Kier molecular flexibility index (Phi) is 5.44. The van der Waals surface area contributed by atoms with E-state index in [2.05, 4.69) is 35.6 Å². The molecule has 19 heavy (non-hydrogen) atoms. The van der Waals surface area contributed by atoms with Gasteiger partial charge in [0.1, 0.15) is 0 Å². The van der Waals surface area contributed by atoms with Crippen LogP contribution in [0.1, 0.15) is 64.6 Å². The molecule has 0 aliphatic heterocycles. The van der Waals surface area contributed by atoms with Crippen molar-refractivity contribution >= 4 is 0 Å². The lowest BCUT2D eigenvalue weighted by Gasteiger charge is -2.33. The first-order chi connectivity index (χ1) is 9.22. The van der Waals surface area contributed by atoms with Crippen LogP contribution in [0.3, 0.4) is 0 Å². The molecule has 0 bridgehead atoms. The van der Waals surface area contributed by atoms with E-state index in [1.54, 1.807) is 0 Å². The van der Waals surface area contributed by atoms with E-state index in [4.69, 9.17) is 0 Å². The number of aromatic nitrogens is 2. The number of nitrogens with one attached hydrogen (secondary N) is 1. The Balaban J connectivity index is 2.01. The zero-order valence-corrected chi connectivity index (χ0v) is 12.7. The second-order valence-electron chi connectivity index (χ2n) is 6.34. The Morgan fingerprint density at radius 1 is 1.37 bits per heavy atom. The molecule has 1 fully saturated rings. The second-order valence-corrected chi connectivity index (χ2v) is 6.34. The highest BCUT2D eigenvalue weighted by Gasteiger charge is 2.26. The molecule has 3 nitrogen and oxygen atoms in total. The molecule has 0 amide bonds. The molecule has 0 aromatic carbocycles. The molecule has 108 valence electrons. The van der Waals surface area contributed by atoms with Gasteiger partial charge in [0.05, 0.1) is 12.0 Å². The molecule has 0 spiro atoms. The number of imidazole rings is 1. The Bertz CT molecular complexity index is 370. The molecule has 1 N–H and O–H groups in total. The van der Waals surface area contributed by atoms with Crippen molar-refractivity contribution in [2.24, 2.45) is 11.8 Å². The molecule has 3 heteroatoms. The number of nitrogens with zero attached hydrogens (tertiary/aromatic N) is 2. The van der Waals surface area contributed by atoms with Gasteiger partial charge < -0.3 is 9.88 Å². The van der Waals surface area contributed by atoms with Crippen LogP contribution in [-0.4, -0.2) is 16.1 Å². The zero-order chi connectivity index (χ0) is 13.7. The smallest absolute Gasteiger partial charge is 0.0951 e. The number of rotatable bonds is 6. The third-order valence-electron chi connectivity index (χ3n) is 4.36. The van der Waals surface area contributed by atoms with Crippen molar-refractivity contribution in [2.45, 2.75) is 65.5 Å². The molecule has 1 saturated carbocycles. The van der Waals surface area contributed by atoms with Crippen molar-refractivity contribution in [3.63, 3.8) is 0 Å². The zero-order valence-electron chi connectivity index (χ0n) is 12.7. The fourth-order valence-electron chi connectivity index (χ4n) is 3.29. The third kappa shape index (κ3) is 3.82. The van der Waals surface area contributed by atoms with E-state index >= 15 is 0 Å². The van der Waals surface area contributed by atoms with Gasteiger partial charge in [0, 0.05) is 18.8 Å². The number of hydrogen-bond donors (Lipinski definition) is 1. The molecule has 1 aromatic heterocycles. The summed E-state index contributed by atoms with van der Waals surface area (Å²) in [6.07, 6.45) is 10.9. The van der Waals surface area contributed by atoms with Crippen LogP contribution in [0.25, 0.3) is 0 Å². The lowest BCUT2D eigenvalue weighted by Crippen LogP contribution is -2.26. The van der Waals surface area contributed by atoms with Crippen molar-refractivity contribution in [1.29, 1.82) is 0 Å². The Hall–Kier alpha value is -0.830. The summed E-state index contributed by atoms with van der Waals surface area (Å²) in [4.78, 5) is 4.39. The van der Waals surface area contributed by atoms with E-state index in [-0.39, 0.29) is 0 Å². The van der Waals surface area contributed by atoms with Crippen LogP contribution in [0.4, 0.5) is 0 Å². The summed E-state index contributed by atoms with van der Waals surface area (Å²) < 4.78 is 2.45. The highest BCUT2D eigenvalue weighted by molar-refractivity contribution is 5.01. The average molecular weight is 263 g/mol. The summed E-state index contributed by atoms with van der Waals surface area (Å²) in [6.45, 7) is 8.85. The number of hydrogen-bond acceptors (Lipinski definition) is 2. The molecule has 1 aromatic rings. The van der Waals surface area contributed by atoms with Gasteiger partial charge in [-0.25, -0.2) is 4.98 Å². The van der Waals surface area contributed by atoms with Crippen LogP contribution < -0.4 is 5.32 Å². The molecular weight excluding hydrogens is 234 g/mol. The van der Waals surface area contributed by atoms with Gasteiger partial charge in [-0.15, -0.1) is 0 Å². The topological polar surface area (TPSA) is 29.9 Å². The first kappa shape index (κ1) is 14.6. The van der Waals surface area contributed by atoms with Crippen molar-refractivity contribution in [1.82, 2.24) is 14.9 Å². The molecule has 0 radical (unpaired) electrons. The van der Waals surface area contributed by atoms with E-state index in [9.17, 15) is 0 Å². The molecule has 2 unspecified atom stereocenters. The molecule has 2 rings (SSSR count). The predicted octanol–water partition coefficient (Wildman–Crippen LogP) is 3.77. The lowest BCUT2D eigenvalue weighted by atomic mass is 9.82. The maximum atomic E-state index is 4.39. The molecule has 1 aliphatic rings. The van der Waals surface area contributed by atoms with Crippen molar-refractivity contribution in [3.05, 3.63) is 18.2 Å². The Labute approximate surface area is 117 Å². The van der Waals surface area contributed by atoms with Crippen LogP contribution in [-0.2, 0) is 6.54 Å². The Morgan fingerprint density at radius 3 is 2.89 bits per heavy atom. The van der Waals surface area contributed by atoms with Gasteiger partial charge in [-0.1, -0.05) is 40.0 Å². The molecule has 1 aliphatic carbocycles. The highest BCUT2D eigenvalue weighted by Crippen LogP contribution is 2.36. The quantitative estimate of drug-likeness (QED) is 0.846. The van der Waals surface area contributed by atoms with E-state index in [0.29, 0.717) is 12.0 Å². The van der Waals surface area contributed by atoms with Gasteiger partial charge in [-0.05, 0) is 31.2 Å². The lowest BCUT2D eigenvalue weighted by molar-refractivity contribution is 0.228. The Morgan fingerprint density at radius 2 is 2.16 bits per heavy atom. The maximum Gasteiger partial charge on any atom is 0.0951 e. The highest BCUT2D eigenvalue weighted by atomic mass is 15.1. The van der Waals surface area contributed by atoms with Crippen LogP contribution in [0.5, 0.6) is 0 Å². The SMILES string of the molecule is CCC1CCCCC1n1cncc1CNCC(C)C. The fraction of sp³-hybridized carbons (Fsp3) is 0.812. The molecule has 1 heterocycles. The summed E-state index contributed by atoms with van der Waals surface area (Å²) in [5.41, 5.74) is 1.35. The summed E-state index contributed by atoms with van der Waals surface area (Å²) >= 11 is 0. The summed E-state index contributed by atoms with van der Waals surface area (Å²) in [6, 6.07) is 0.678. The van der Waals surface area contributed by atoms with E-state index in [0.717, 1.165) is 19.0 Å². The summed E-state index contributed by atoms with van der Waals surface area (Å²) in [7, 11) is 0. The molecule has 2 atom stereocenters. The minimum atomic E-state index is 0.678. The second kappa shape index (κ2) is 7.09. The van der Waals surface area contributed by atoms with Crippen molar-refractivity contribution < 1.29 is 0 Å². The average Bonchev–Trinajstić information content (AvgIpc) is 2.86. The van der Waals surface area contributed by atoms with Gasteiger partial charge in [-0.2, -0.15) is 0 Å². The largest absolute Gasteiger partial charge is 0.330 e. The van der Waals surface area contributed by atoms with Gasteiger partial charge in [0.15, 0.2) is 0 Å².